The zero-order valence-corrected chi connectivity index (χ0v) is 53.2. The molecule has 11 nitrogen and oxygen atoms in total. The van der Waals surface area contributed by atoms with E-state index in [4.69, 9.17) is 14.2 Å². The van der Waals surface area contributed by atoms with Gasteiger partial charge in [-0.25, -0.2) is 0 Å². The minimum Gasteiger partial charge on any atom is -0.454 e. The van der Waals surface area contributed by atoms with Crippen LogP contribution in [0, 0.1) is 0 Å². The second kappa shape index (κ2) is 58.5. The summed E-state index contributed by atoms with van der Waals surface area (Å²) in [4.78, 5) is 26.6. The highest BCUT2D eigenvalue weighted by Gasteiger charge is 2.47. The van der Waals surface area contributed by atoms with Crippen molar-refractivity contribution in [3.63, 3.8) is 0 Å². The number of esters is 1. The van der Waals surface area contributed by atoms with Gasteiger partial charge >= 0.3 is 5.97 Å². The van der Waals surface area contributed by atoms with Crippen LogP contribution in [0.3, 0.4) is 0 Å². The van der Waals surface area contributed by atoms with Crippen LogP contribution in [0.25, 0.3) is 0 Å². The molecule has 0 aliphatic carbocycles. The number of rotatable bonds is 61. The standard InChI is InChI=1S/C70H133NO10/c1-4-7-10-13-16-19-22-25-27-29-30-31-32-33-34-35-37-40-43-46-49-52-55-58-65(75)81-68-67(77)66(76)64(59-72)80-70(68)79-60-61(62(73)56-53-50-47-44-41-38-24-21-18-15-12-9-6-3)71-69(78)63(74)57-54-51-48-45-42-39-36-28-26-23-20-17-14-11-8-5-2/h26,28,53,56,61-64,66-68,70,72-74,76-77H,4-25,27,29-52,54-55,57-60H2,1-3H3,(H,71,78)/b28-26+,56-53+. The minimum atomic E-state index is -1.61. The third kappa shape index (κ3) is 46.1. The first-order valence-electron chi connectivity index (χ1n) is 35.1. The summed E-state index contributed by atoms with van der Waals surface area (Å²) in [5.41, 5.74) is 0. The normalized spacial score (nSPS) is 18.7. The Hall–Kier alpha value is -1.86. The molecule has 0 aromatic rings. The van der Waals surface area contributed by atoms with Crippen LogP contribution >= 0.6 is 0 Å². The van der Waals surface area contributed by atoms with Gasteiger partial charge in [0, 0.05) is 6.42 Å². The van der Waals surface area contributed by atoms with E-state index in [1.807, 2.05) is 6.08 Å². The number of allylic oxidation sites excluding steroid dienone is 3. The van der Waals surface area contributed by atoms with Crippen LogP contribution in [0.15, 0.2) is 24.3 Å². The molecule has 11 heteroatoms. The van der Waals surface area contributed by atoms with Crippen molar-refractivity contribution in [1.82, 2.24) is 5.32 Å². The Morgan fingerprint density at radius 3 is 1.20 bits per heavy atom. The molecule has 1 aliphatic rings. The Bertz CT molecular complexity index is 1410. The number of hydrogen-bond donors (Lipinski definition) is 6. The van der Waals surface area contributed by atoms with Crippen molar-refractivity contribution in [3.05, 3.63) is 24.3 Å². The average molecular weight is 1150 g/mol. The number of aliphatic hydroxyl groups excluding tert-OH is 5. The summed E-state index contributed by atoms with van der Waals surface area (Å²) >= 11 is 0. The number of ether oxygens (including phenoxy) is 3. The SMILES string of the molecule is CCCCCCCC/C=C/CCCCCCCCC(O)C(=O)NC(COC1OC(CO)C(O)C(O)C1OC(=O)CCCCCCCCCCCCCCCCCCCCCCCCC)C(O)/C=C/CCCCCCCCCCCCC. The van der Waals surface area contributed by atoms with Crippen molar-refractivity contribution in [2.24, 2.45) is 0 Å². The van der Waals surface area contributed by atoms with Crippen LogP contribution in [-0.2, 0) is 23.8 Å². The molecule has 0 radical (unpaired) electrons. The number of nitrogens with one attached hydrogen (secondary N) is 1. The molecule has 0 saturated carbocycles. The monoisotopic (exact) mass is 1150 g/mol. The summed E-state index contributed by atoms with van der Waals surface area (Å²) in [7, 11) is 0. The van der Waals surface area contributed by atoms with Gasteiger partial charge in [-0.15, -0.1) is 0 Å². The van der Waals surface area contributed by atoms with Gasteiger partial charge in [0.1, 0.15) is 24.4 Å². The van der Waals surface area contributed by atoms with Crippen molar-refractivity contribution in [3.8, 4) is 0 Å². The van der Waals surface area contributed by atoms with Gasteiger partial charge in [-0.3, -0.25) is 9.59 Å². The zero-order valence-electron chi connectivity index (χ0n) is 53.2. The molecule has 1 fully saturated rings. The maximum Gasteiger partial charge on any atom is 0.306 e. The zero-order chi connectivity index (χ0) is 58.9. The van der Waals surface area contributed by atoms with Crippen molar-refractivity contribution < 1.29 is 49.3 Å². The largest absolute Gasteiger partial charge is 0.454 e. The first-order chi connectivity index (χ1) is 39.7. The van der Waals surface area contributed by atoms with E-state index in [0.717, 1.165) is 70.6 Å². The van der Waals surface area contributed by atoms with E-state index < -0.39 is 67.4 Å². The summed E-state index contributed by atoms with van der Waals surface area (Å²) < 4.78 is 17.7. The van der Waals surface area contributed by atoms with E-state index in [2.05, 4.69) is 38.2 Å². The van der Waals surface area contributed by atoms with Crippen LogP contribution in [0.4, 0.5) is 0 Å². The number of aliphatic hydroxyl groups is 5. The predicted octanol–water partition coefficient (Wildman–Crippen LogP) is 17.6. The van der Waals surface area contributed by atoms with Crippen molar-refractivity contribution in [2.75, 3.05) is 13.2 Å². The third-order valence-corrected chi connectivity index (χ3v) is 16.9. The van der Waals surface area contributed by atoms with Crippen LogP contribution in [0.5, 0.6) is 0 Å². The molecule has 8 atom stereocenters. The molecule has 1 aliphatic heterocycles. The second-order valence-corrected chi connectivity index (χ2v) is 24.6. The van der Waals surface area contributed by atoms with Crippen LogP contribution in [0.2, 0.25) is 0 Å². The van der Waals surface area contributed by atoms with Gasteiger partial charge in [0.15, 0.2) is 12.4 Å². The molecule has 1 heterocycles. The summed E-state index contributed by atoms with van der Waals surface area (Å²) in [5.74, 6) is -1.18. The number of hydrogen-bond acceptors (Lipinski definition) is 10. The molecule has 0 aromatic heterocycles. The summed E-state index contributed by atoms with van der Waals surface area (Å²) in [5, 5.41) is 57.2. The van der Waals surface area contributed by atoms with Crippen molar-refractivity contribution in [2.45, 2.75) is 397 Å². The Morgan fingerprint density at radius 1 is 0.469 bits per heavy atom. The summed E-state index contributed by atoms with van der Waals surface area (Å²) in [6.45, 7) is 5.84. The van der Waals surface area contributed by atoms with Gasteiger partial charge in [-0.2, -0.15) is 0 Å². The minimum absolute atomic E-state index is 0.130. The molecule has 0 spiro atoms. The third-order valence-electron chi connectivity index (χ3n) is 16.9. The van der Waals surface area contributed by atoms with E-state index >= 15 is 0 Å². The first kappa shape index (κ1) is 77.2. The predicted molar refractivity (Wildman–Crippen MR) is 338 cm³/mol. The summed E-state index contributed by atoms with van der Waals surface area (Å²) in [6, 6.07) is -1.02. The summed E-state index contributed by atoms with van der Waals surface area (Å²) in [6.07, 6.45) is 59.3. The van der Waals surface area contributed by atoms with Gasteiger partial charge in [-0.05, 0) is 51.4 Å². The Balaban J connectivity index is 2.58. The molecule has 478 valence electrons. The van der Waals surface area contributed by atoms with Gasteiger partial charge in [0.05, 0.1) is 25.4 Å². The lowest BCUT2D eigenvalue weighted by atomic mass is 9.99. The maximum absolute atomic E-state index is 13.5. The fourth-order valence-corrected chi connectivity index (χ4v) is 11.3. The van der Waals surface area contributed by atoms with Crippen LogP contribution < -0.4 is 5.32 Å². The molecule has 6 N–H and O–H groups in total. The van der Waals surface area contributed by atoms with Gasteiger partial charge < -0.3 is 45.1 Å². The molecule has 1 rings (SSSR count). The highest BCUT2D eigenvalue weighted by atomic mass is 16.7. The number of amides is 1. The van der Waals surface area contributed by atoms with Gasteiger partial charge in [-0.1, -0.05) is 315 Å². The molecule has 0 bridgehead atoms. The fourth-order valence-electron chi connectivity index (χ4n) is 11.3. The van der Waals surface area contributed by atoms with E-state index in [0.29, 0.717) is 12.8 Å². The molecule has 1 amide bonds. The Morgan fingerprint density at radius 2 is 0.815 bits per heavy atom. The quantitative estimate of drug-likeness (QED) is 0.0195. The Kier molecular flexibility index (Phi) is 55.7. The highest BCUT2D eigenvalue weighted by Crippen LogP contribution is 2.26. The number of carbonyl (C=O) groups is 2. The Labute approximate surface area is 499 Å². The molecule has 1 saturated heterocycles. The second-order valence-electron chi connectivity index (χ2n) is 24.6. The van der Waals surface area contributed by atoms with Crippen LogP contribution in [-0.4, -0.2) is 99.6 Å². The number of carbonyl (C=O) groups excluding carboxylic acids is 2. The van der Waals surface area contributed by atoms with E-state index in [1.165, 1.54) is 231 Å². The molecule has 0 aromatic carbocycles. The lowest BCUT2D eigenvalue weighted by molar-refractivity contribution is -0.305. The van der Waals surface area contributed by atoms with Crippen LogP contribution in [0.1, 0.15) is 348 Å². The van der Waals surface area contributed by atoms with Crippen molar-refractivity contribution in [1.29, 1.82) is 0 Å². The number of unbranched alkanes of at least 4 members (excludes halogenated alkanes) is 45. The maximum atomic E-state index is 13.5. The molecular weight excluding hydrogens is 1010 g/mol. The van der Waals surface area contributed by atoms with Gasteiger partial charge in [0.2, 0.25) is 5.91 Å². The van der Waals surface area contributed by atoms with Gasteiger partial charge in [0.25, 0.3) is 0 Å². The highest BCUT2D eigenvalue weighted by molar-refractivity contribution is 5.80. The smallest absolute Gasteiger partial charge is 0.306 e. The average Bonchev–Trinajstić information content (AvgIpc) is 3.47. The fraction of sp³-hybridized carbons (Fsp3) is 0.914. The lowest BCUT2D eigenvalue weighted by Gasteiger charge is -2.41. The first-order valence-corrected chi connectivity index (χ1v) is 35.1. The molecule has 81 heavy (non-hydrogen) atoms. The van der Waals surface area contributed by atoms with E-state index in [9.17, 15) is 35.1 Å². The molecular formula is C70H133NO10. The molecule has 8 unspecified atom stereocenters. The van der Waals surface area contributed by atoms with E-state index in [-0.39, 0.29) is 19.4 Å². The van der Waals surface area contributed by atoms with Crippen molar-refractivity contribution >= 4 is 11.9 Å². The lowest BCUT2D eigenvalue weighted by Crippen LogP contribution is -2.61. The topological polar surface area (TPSA) is 175 Å². The van der Waals surface area contributed by atoms with E-state index in [1.54, 1.807) is 6.08 Å².